The number of hydrogen-bond donors (Lipinski definition) is 1. The highest BCUT2D eigenvalue weighted by Crippen LogP contribution is 2.38. The zero-order valence-corrected chi connectivity index (χ0v) is 25.5. The van der Waals surface area contributed by atoms with Gasteiger partial charge in [-0.2, -0.15) is 0 Å². The molecule has 3 aromatic carbocycles. The molecule has 8 heteroatoms. The largest absolute Gasteiger partial charge is 0.493 e. The van der Waals surface area contributed by atoms with Crippen molar-refractivity contribution in [3.05, 3.63) is 77.1 Å². The molecule has 0 saturated carbocycles. The van der Waals surface area contributed by atoms with Gasteiger partial charge in [0.1, 0.15) is 11.6 Å². The second kappa shape index (κ2) is 15.1. The lowest BCUT2D eigenvalue weighted by Gasteiger charge is -2.14. The van der Waals surface area contributed by atoms with Gasteiger partial charge in [-0.3, -0.25) is 4.79 Å². The van der Waals surface area contributed by atoms with E-state index >= 15 is 0 Å². The standard InChI is InChI=1S/C34H43N3O5/c1-24-16-17-25(2)29(21-24)42-20-12-11-19-37-28-14-9-8-13-27(28)36-32(37)15-7-6-10-18-35-34(38)26-22-30(39-3)33(41-5)31(23-26)40-4/h8-9,13-14,16-17,21-23H,6-7,10-12,15,18-20H2,1-5H3,(H,35,38). The Hall–Kier alpha value is -4.20. The maximum absolute atomic E-state index is 12.8. The first kappa shape index (κ1) is 30.8. The smallest absolute Gasteiger partial charge is 0.251 e. The summed E-state index contributed by atoms with van der Waals surface area (Å²) >= 11 is 0. The third kappa shape index (κ3) is 7.75. The summed E-state index contributed by atoms with van der Waals surface area (Å²) < 4.78 is 24.5. The van der Waals surface area contributed by atoms with E-state index in [1.54, 1.807) is 19.2 Å². The molecule has 1 aromatic heterocycles. The number of rotatable bonds is 16. The number of fused-ring (bicyclic) bond motifs is 1. The van der Waals surface area contributed by atoms with Gasteiger partial charge in [0.15, 0.2) is 11.5 Å². The van der Waals surface area contributed by atoms with Crippen LogP contribution in [0.3, 0.4) is 0 Å². The minimum Gasteiger partial charge on any atom is -0.493 e. The van der Waals surface area contributed by atoms with Crippen LogP contribution < -0.4 is 24.3 Å². The summed E-state index contributed by atoms with van der Waals surface area (Å²) in [6, 6.07) is 18.0. The molecule has 0 saturated heterocycles. The normalized spacial score (nSPS) is 11.0. The van der Waals surface area contributed by atoms with Crippen molar-refractivity contribution in [2.24, 2.45) is 0 Å². The molecule has 0 unspecified atom stereocenters. The van der Waals surface area contributed by atoms with Crippen LogP contribution in [0.2, 0.25) is 0 Å². The number of amides is 1. The first-order chi connectivity index (χ1) is 20.4. The number of benzene rings is 3. The number of aryl methyl sites for hydroxylation is 4. The van der Waals surface area contributed by atoms with Crippen LogP contribution in [-0.4, -0.2) is 49.9 Å². The van der Waals surface area contributed by atoms with Crippen LogP contribution in [0, 0.1) is 13.8 Å². The summed E-state index contributed by atoms with van der Waals surface area (Å²) in [7, 11) is 4.61. The van der Waals surface area contributed by atoms with E-state index < -0.39 is 0 Å². The van der Waals surface area contributed by atoms with Crippen LogP contribution >= 0.6 is 0 Å². The molecule has 1 heterocycles. The van der Waals surface area contributed by atoms with Crippen LogP contribution in [0.25, 0.3) is 11.0 Å². The van der Waals surface area contributed by atoms with Crippen molar-refractivity contribution in [1.29, 1.82) is 0 Å². The molecule has 0 fully saturated rings. The topological polar surface area (TPSA) is 83.8 Å². The second-order valence-electron chi connectivity index (χ2n) is 10.5. The van der Waals surface area contributed by atoms with Gasteiger partial charge in [0.25, 0.3) is 5.91 Å². The number of hydrogen-bond acceptors (Lipinski definition) is 6. The lowest BCUT2D eigenvalue weighted by Crippen LogP contribution is -2.24. The second-order valence-corrected chi connectivity index (χ2v) is 10.5. The molecular formula is C34H43N3O5. The lowest BCUT2D eigenvalue weighted by atomic mass is 10.1. The number of carbonyl (C=O) groups excluding carboxylic acids is 1. The quantitative estimate of drug-likeness (QED) is 0.151. The zero-order valence-electron chi connectivity index (χ0n) is 25.5. The summed E-state index contributed by atoms with van der Waals surface area (Å²) in [5.74, 6) is 3.31. The lowest BCUT2D eigenvalue weighted by molar-refractivity contribution is 0.0952. The highest BCUT2D eigenvalue weighted by atomic mass is 16.5. The maximum Gasteiger partial charge on any atom is 0.251 e. The van der Waals surface area contributed by atoms with Crippen molar-refractivity contribution in [2.45, 2.75) is 58.9 Å². The number of methoxy groups -OCH3 is 3. The molecule has 8 nitrogen and oxygen atoms in total. The monoisotopic (exact) mass is 573 g/mol. The molecule has 0 bridgehead atoms. The number of nitrogens with one attached hydrogen (secondary N) is 1. The van der Waals surface area contributed by atoms with E-state index in [0.717, 1.165) is 62.2 Å². The predicted molar refractivity (Wildman–Crippen MR) is 166 cm³/mol. The van der Waals surface area contributed by atoms with Gasteiger partial charge in [0.2, 0.25) is 5.75 Å². The molecule has 4 rings (SSSR count). The van der Waals surface area contributed by atoms with E-state index in [1.165, 1.54) is 30.9 Å². The minimum absolute atomic E-state index is 0.169. The van der Waals surface area contributed by atoms with Crippen molar-refractivity contribution < 1.29 is 23.7 Å². The van der Waals surface area contributed by atoms with Crippen molar-refractivity contribution in [1.82, 2.24) is 14.9 Å². The van der Waals surface area contributed by atoms with E-state index in [4.69, 9.17) is 23.9 Å². The molecule has 0 aliphatic rings. The van der Waals surface area contributed by atoms with Crippen molar-refractivity contribution in [3.8, 4) is 23.0 Å². The molecular weight excluding hydrogens is 530 g/mol. The van der Waals surface area contributed by atoms with Crippen molar-refractivity contribution >= 4 is 16.9 Å². The first-order valence-corrected chi connectivity index (χ1v) is 14.7. The van der Waals surface area contributed by atoms with Gasteiger partial charge < -0.3 is 28.8 Å². The van der Waals surface area contributed by atoms with Crippen molar-refractivity contribution in [2.75, 3.05) is 34.5 Å². The minimum atomic E-state index is -0.169. The molecule has 0 aliphatic heterocycles. The number of para-hydroxylation sites is 2. The predicted octanol–water partition coefficient (Wildman–Crippen LogP) is 6.68. The Morgan fingerprint density at radius 1 is 0.833 bits per heavy atom. The number of aromatic nitrogens is 2. The third-order valence-corrected chi connectivity index (χ3v) is 7.40. The number of unbranched alkanes of at least 4 members (excludes halogenated alkanes) is 3. The van der Waals surface area contributed by atoms with E-state index in [0.29, 0.717) is 36.0 Å². The number of carbonyl (C=O) groups is 1. The van der Waals surface area contributed by atoms with Crippen LogP contribution in [0.5, 0.6) is 23.0 Å². The molecule has 0 spiro atoms. The summed E-state index contributed by atoms with van der Waals surface area (Å²) in [6.07, 6.45) is 5.76. The summed E-state index contributed by atoms with van der Waals surface area (Å²) in [4.78, 5) is 17.7. The first-order valence-electron chi connectivity index (χ1n) is 14.7. The summed E-state index contributed by atoms with van der Waals surface area (Å²) in [6.45, 7) is 6.38. The van der Waals surface area contributed by atoms with Gasteiger partial charge >= 0.3 is 0 Å². The van der Waals surface area contributed by atoms with E-state index in [-0.39, 0.29) is 5.91 Å². The summed E-state index contributed by atoms with van der Waals surface area (Å²) in [5, 5.41) is 3.01. The molecule has 42 heavy (non-hydrogen) atoms. The Morgan fingerprint density at radius 3 is 2.33 bits per heavy atom. The highest BCUT2D eigenvalue weighted by Gasteiger charge is 2.17. The van der Waals surface area contributed by atoms with Crippen LogP contribution in [-0.2, 0) is 13.0 Å². The number of ether oxygens (including phenoxy) is 4. The van der Waals surface area contributed by atoms with Gasteiger partial charge in [-0.15, -0.1) is 0 Å². The van der Waals surface area contributed by atoms with Crippen LogP contribution in [0.4, 0.5) is 0 Å². The molecule has 0 radical (unpaired) electrons. The summed E-state index contributed by atoms with van der Waals surface area (Å²) in [5.41, 5.74) is 5.07. The molecule has 0 atom stereocenters. The SMILES string of the molecule is COc1cc(C(=O)NCCCCCc2nc3ccccc3n2CCCCOc2cc(C)ccc2C)cc(OC)c1OC. The molecule has 0 aliphatic carbocycles. The molecule has 1 N–H and O–H groups in total. The third-order valence-electron chi connectivity index (χ3n) is 7.40. The van der Waals surface area contributed by atoms with Gasteiger partial charge in [0.05, 0.1) is 39.0 Å². The zero-order chi connectivity index (χ0) is 29.9. The molecule has 1 amide bonds. The Bertz CT molecular complexity index is 1450. The van der Waals surface area contributed by atoms with Gasteiger partial charge in [-0.05, 0) is 81.0 Å². The van der Waals surface area contributed by atoms with Gasteiger partial charge in [-0.1, -0.05) is 30.7 Å². The van der Waals surface area contributed by atoms with E-state index in [2.05, 4.69) is 60.1 Å². The Balaban J connectivity index is 1.24. The van der Waals surface area contributed by atoms with Crippen molar-refractivity contribution in [3.63, 3.8) is 0 Å². The van der Waals surface area contributed by atoms with Crippen LogP contribution in [0.1, 0.15) is 59.4 Å². The number of imidazole rings is 1. The molecule has 224 valence electrons. The Labute approximate surface area is 249 Å². The maximum atomic E-state index is 12.8. The van der Waals surface area contributed by atoms with E-state index in [1.807, 2.05) is 6.07 Å². The number of nitrogens with zero attached hydrogens (tertiary/aromatic N) is 2. The highest BCUT2D eigenvalue weighted by molar-refractivity contribution is 5.95. The fourth-order valence-corrected chi connectivity index (χ4v) is 5.08. The fourth-order valence-electron chi connectivity index (χ4n) is 5.08. The molecule has 4 aromatic rings. The Morgan fingerprint density at radius 2 is 1.60 bits per heavy atom. The fraction of sp³-hybridized carbons (Fsp3) is 0.412. The van der Waals surface area contributed by atoms with Gasteiger partial charge in [0, 0.05) is 25.1 Å². The Kier molecular flexibility index (Phi) is 11.1. The average Bonchev–Trinajstić information content (AvgIpc) is 3.36. The van der Waals surface area contributed by atoms with Gasteiger partial charge in [-0.25, -0.2) is 4.98 Å². The van der Waals surface area contributed by atoms with E-state index in [9.17, 15) is 4.79 Å². The van der Waals surface area contributed by atoms with Crippen LogP contribution in [0.15, 0.2) is 54.6 Å². The average molecular weight is 574 g/mol.